The maximum absolute atomic E-state index is 11.6. The van der Waals surface area contributed by atoms with Crippen LogP contribution in [0.4, 0.5) is 0 Å². The quantitative estimate of drug-likeness (QED) is 0.741. The molecular formula is C14H22O3. The summed E-state index contributed by atoms with van der Waals surface area (Å²) in [5.41, 5.74) is -0.733. The molecule has 2 atom stereocenters. The lowest BCUT2D eigenvalue weighted by Gasteiger charge is -2.34. The van der Waals surface area contributed by atoms with Gasteiger partial charge in [0, 0.05) is 13.7 Å². The van der Waals surface area contributed by atoms with Crippen molar-refractivity contribution in [3.8, 4) is 0 Å². The van der Waals surface area contributed by atoms with Gasteiger partial charge in [-0.05, 0) is 18.8 Å². The van der Waals surface area contributed by atoms with Crippen LogP contribution in [0.5, 0.6) is 0 Å². The van der Waals surface area contributed by atoms with Crippen LogP contribution in [-0.2, 0) is 9.53 Å². The Hall–Kier alpha value is -1.09. The summed E-state index contributed by atoms with van der Waals surface area (Å²) in [5.74, 6) is -0.677. The Morgan fingerprint density at radius 1 is 1.47 bits per heavy atom. The highest BCUT2D eigenvalue weighted by Gasteiger charge is 2.42. The van der Waals surface area contributed by atoms with Crippen molar-refractivity contribution in [3.63, 3.8) is 0 Å². The normalized spacial score (nSPS) is 27.3. The third kappa shape index (κ3) is 3.19. The largest absolute Gasteiger partial charge is 0.481 e. The van der Waals surface area contributed by atoms with Crippen LogP contribution < -0.4 is 0 Å². The third-order valence-electron chi connectivity index (χ3n) is 3.48. The maximum Gasteiger partial charge on any atom is 0.314 e. The van der Waals surface area contributed by atoms with Crippen LogP contribution in [0.1, 0.15) is 32.6 Å². The molecule has 1 aliphatic carbocycles. The predicted octanol–water partition coefficient (Wildman–Crippen LogP) is 3.03. The van der Waals surface area contributed by atoms with E-state index in [1.54, 1.807) is 7.11 Å². The molecule has 0 saturated heterocycles. The van der Waals surface area contributed by atoms with E-state index in [4.69, 9.17) is 4.74 Å². The number of methoxy groups -OCH3 is 1. The Morgan fingerprint density at radius 3 is 2.82 bits per heavy atom. The smallest absolute Gasteiger partial charge is 0.314 e. The zero-order chi connectivity index (χ0) is 12.7. The zero-order valence-corrected chi connectivity index (χ0v) is 10.7. The molecule has 3 nitrogen and oxygen atoms in total. The lowest BCUT2D eigenvalue weighted by Crippen LogP contribution is -2.37. The summed E-state index contributed by atoms with van der Waals surface area (Å²) < 4.78 is 5.07. The van der Waals surface area contributed by atoms with Crippen LogP contribution in [0.25, 0.3) is 0 Å². The molecule has 2 unspecified atom stereocenters. The second-order valence-corrected chi connectivity index (χ2v) is 4.58. The first-order valence-electron chi connectivity index (χ1n) is 6.25. The van der Waals surface area contributed by atoms with Crippen molar-refractivity contribution < 1.29 is 14.6 Å². The molecule has 17 heavy (non-hydrogen) atoms. The van der Waals surface area contributed by atoms with Crippen LogP contribution >= 0.6 is 0 Å². The fourth-order valence-corrected chi connectivity index (χ4v) is 2.39. The monoisotopic (exact) mass is 238 g/mol. The molecule has 0 radical (unpaired) electrons. The molecule has 96 valence electrons. The second kappa shape index (κ2) is 6.60. The van der Waals surface area contributed by atoms with Gasteiger partial charge >= 0.3 is 5.97 Å². The molecule has 0 heterocycles. The Kier molecular flexibility index (Phi) is 5.42. The van der Waals surface area contributed by atoms with Gasteiger partial charge in [-0.3, -0.25) is 4.79 Å². The summed E-state index contributed by atoms with van der Waals surface area (Å²) in [5, 5.41) is 9.56. The maximum atomic E-state index is 11.6. The second-order valence-electron chi connectivity index (χ2n) is 4.58. The van der Waals surface area contributed by atoms with Crippen LogP contribution in [0, 0.1) is 11.3 Å². The molecule has 0 amide bonds. The summed E-state index contributed by atoms with van der Waals surface area (Å²) in [4.78, 5) is 11.6. The van der Waals surface area contributed by atoms with Gasteiger partial charge in [-0.25, -0.2) is 0 Å². The molecule has 0 aliphatic heterocycles. The van der Waals surface area contributed by atoms with Crippen molar-refractivity contribution in [2.24, 2.45) is 11.3 Å². The van der Waals surface area contributed by atoms with Gasteiger partial charge in [-0.2, -0.15) is 0 Å². The molecule has 0 aromatic rings. The first-order chi connectivity index (χ1) is 8.17. The fourth-order valence-electron chi connectivity index (χ4n) is 2.39. The van der Waals surface area contributed by atoms with Crippen molar-refractivity contribution in [2.45, 2.75) is 32.6 Å². The van der Waals surface area contributed by atoms with Gasteiger partial charge in [0.05, 0.1) is 5.41 Å². The highest BCUT2D eigenvalue weighted by atomic mass is 16.5. The standard InChI is InChI=1S/C14H22O3/c1-3-4-9-14(13(15)16)10-6-5-7-12(14)8-11-17-2/h5-7,10,12H,3-4,8-9,11H2,1-2H3,(H,15,16). The van der Waals surface area contributed by atoms with Crippen LogP contribution in [0.3, 0.4) is 0 Å². The Morgan fingerprint density at radius 2 is 2.24 bits per heavy atom. The number of hydrogen-bond donors (Lipinski definition) is 1. The number of hydrogen-bond acceptors (Lipinski definition) is 2. The van der Waals surface area contributed by atoms with Crippen molar-refractivity contribution in [2.75, 3.05) is 13.7 Å². The van der Waals surface area contributed by atoms with Crippen molar-refractivity contribution in [3.05, 3.63) is 24.3 Å². The van der Waals surface area contributed by atoms with E-state index in [2.05, 4.69) is 6.92 Å². The van der Waals surface area contributed by atoms with Gasteiger partial charge < -0.3 is 9.84 Å². The number of unbranched alkanes of at least 4 members (excludes halogenated alkanes) is 1. The highest BCUT2D eigenvalue weighted by Crippen LogP contribution is 2.40. The molecule has 0 saturated carbocycles. The van der Waals surface area contributed by atoms with Gasteiger partial charge in [0.1, 0.15) is 0 Å². The third-order valence-corrected chi connectivity index (χ3v) is 3.48. The van der Waals surface area contributed by atoms with Gasteiger partial charge in [-0.1, -0.05) is 44.1 Å². The van der Waals surface area contributed by atoms with Gasteiger partial charge in [0.2, 0.25) is 0 Å². The predicted molar refractivity (Wildman–Crippen MR) is 67.9 cm³/mol. The molecule has 0 aromatic carbocycles. The van der Waals surface area contributed by atoms with Crippen LogP contribution in [-0.4, -0.2) is 24.8 Å². The van der Waals surface area contributed by atoms with Crippen molar-refractivity contribution in [1.29, 1.82) is 0 Å². The van der Waals surface area contributed by atoms with Gasteiger partial charge in [0.15, 0.2) is 0 Å². The highest BCUT2D eigenvalue weighted by molar-refractivity contribution is 5.78. The number of ether oxygens (including phenoxy) is 1. The average Bonchev–Trinajstić information content (AvgIpc) is 2.34. The SMILES string of the molecule is CCCCC1(C(=O)O)C=CC=CC1CCOC. The summed E-state index contributed by atoms with van der Waals surface area (Å²) in [6.07, 6.45) is 11.1. The molecule has 0 spiro atoms. The minimum absolute atomic E-state index is 0.0384. The Balaban J connectivity index is 2.85. The Bertz CT molecular complexity index is 307. The van der Waals surface area contributed by atoms with Crippen LogP contribution in [0.15, 0.2) is 24.3 Å². The van der Waals surface area contributed by atoms with E-state index < -0.39 is 11.4 Å². The summed E-state index contributed by atoms with van der Waals surface area (Å²) in [6.45, 7) is 2.69. The summed E-state index contributed by atoms with van der Waals surface area (Å²) in [6, 6.07) is 0. The molecule has 3 heteroatoms. The first-order valence-corrected chi connectivity index (χ1v) is 6.25. The van der Waals surface area contributed by atoms with E-state index in [0.29, 0.717) is 13.0 Å². The van der Waals surface area contributed by atoms with E-state index in [1.165, 1.54) is 0 Å². The first kappa shape index (κ1) is 14.0. The van der Waals surface area contributed by atoms with Gasteiger partial charge in [-0.15, -0.1) is 0 Å². The molecule has 1 rings (SSSR count). The van der Waals surface area contributed by atoms with Crippen molar-refractivity contribution >= 4 is 5.97 Å². The average molecular weight is 238 g/mol. The van der Waals surface area contributed by atoms with E-state index in [9.17, 15) is 9.90 Å². The Labute approximate surface area is 103 Å². The molecule has 0 fully saturated rings. The lowest BCUT2D eigenvalue weighted by atomic mass is 9.68. The van der Waals surface area contributed by atoms with E-state index in [0.717, 1.165) is 19.3 Å². The topological polar surface area (TPSA) is 46.5 Å². The zero-order valence-electron chi connectivity index (χ0n) is 10.7. The van der Waals surface area contributed by atoms with E-state index in [1.807, 2.05) is 24.3 Å². The van der Waals surface area contributed by atoms with Crippen LogP contribution in [0.2, 0.25) is 0 Å². The van der Waals surface area contributed by atoms with Crippen molar-refractivity contribution in [1.82, 2.24) is 0 Å². The summed E-state index contributed by atoms with van der Waals surface area (Å²) in [7, 11) is 1.65. The molecule has 1 aliphatic rings. The van der Waals surface area contributed by atoms with Gasteiger partial charge in [0.25, 0.3) is 0 Å². The number of rotatable bonds is 7. The number of carbonyl (C=O) groups is 1. The number of allylic oxidation sites excluding steroid dienone is 3. The number of carboxylic acids is 1. The number of carboxylic acid groups (broad SMARTS) is 1. The molecule has 0 aromatic heterocycles. The minimum Gasteiger partial charge on any atom is -0.481 e. The fraction of sp³-hybridized carbons (Fsp3) is 0.643. The minimum atomic E-state index is -0.733. The summed E-state index contributed by atoms with van der Waals surface area (Å²) >= 11 is 0. The molecular weight excluding hydrogens is 216 g/mol. The molecule has 1 N–H and O–H groups in total. The van der Waals surface area contributed by atoms with E-state index in [-0.39, 0.29) is 5.92 Å². The molecule has 0 bridgehead atoms. The van der Waals surface area contributed by atoms with E-state index >= 15 is 0 Å². The lowest BCUT2D eigenvalue weighted by molar-refractivity contribution is -0.149. The number of aliphatic carboxylic acids is 1.